The quantitative estimate of drug-likeness (QED) is 0.603. The van der Waals surface area contributed by atoms with E-state index in [0.717, 1.165) is 13.1 Å². The Kier molecular flexibility index (Phi) is 6.62. The van der Waals surface area contributed by atoms with Gasteiger partial charge in [0.05, 0.1) is 6.04 Å². The maximum absolute atomic E-state index is 2.66. The highest BCUT2D eigenvalue weighted by Gasteiger charge is 2.23. The van der Waals surface area contributed by atoms with Gasteiger partial charge in [-0.05, 0) is 36.8 Å². The summed E-state index contributed by atoms with van der Waals surface area (Å²) in [5.41, 5.74) is 5.43. The van der Waals surface area contributed by atoms with Gasteiger partial charge in [0.1, 0.15) is 0 Å². The van der Waals surface area contributed by atoms with E-state index in [1.54, 1.807) is 0 Å². The van der Waals surface area contributed by atoms with E-state index < -0.39 is 0 Å². The standard InChI is InChI=1S/C23H33N/c1-17(2)15-24(16-18(3)4)23(21-11-7-19(5)8-12-21)22-13-9-20(6)10-14-22/h7-14,17-18,23H,15-16H2,1-6H3. The summed E-state index contributed by atoms with van der Waals surface area (Å²) >= 11 is 0. The third-order valence-corrected chi connectivity index (χ3v) is 4.35. The van der Waals surface area contributed by atoms with Gasteiger partial charge in [0.2, 0.25) is 0 Å². The van der Waals surface area contributed by atoms with Gasteiger partial charge >= 0.3 is 0 Å². The molecule has 0 aliphatic carbocycles. The largest absolute Gasteiger partial charge is 0.292 e. The maximum atomic E-state index is 2.66. The van der Waals surface area contributed by atoms with Crippen LogP contribution in [0.2, 0.25) is 0 Å². The molecule has 0 radical (unpaired) electrons. The highest BCUT2D eigenvalue weighted by atomic mass is 15.2. The maximum Gasteiger partial charge on any atom is 0.0601 e. The second-order valence-corrected chi connectivity index (χ2v) is 7.97. The second-order valence-electron chi connectivity index (χ2n) is 7.97. The molecular weight excluding hydrogens is 290 g/mol. The zero-order valence-corrected chi connectivity index (χ0v) is 16.2. The molecule has 24 heavy (non-hydrogen) atoms. The van der Waals surface area contributed by atoms with E-state index in [-0.39, 0.29) is 0 Å². The SMILES string of the molecule is Cc1ccc(C(c2ccc(C)cc2)N(CC(C)C)CC(C)C)cc1. The zero-order chi connectivity index (χ0) is 17.7. The van der Waals surface area contributed by atoms with Crippen molar-refractivity contribution in [1.29, 1.82) is 0 Å². The lowest BCUT2D eigenvalue weighted by Crippen LogP contribution is -2.35. The predicted molar refractivity (Wildman–Crippen MR) is 105 cm³/mol. The second kappa shape index (κ2) is 8.48. The van der Waals surface area contributed by atoms with Gasteiger partial charge in [0.15, 0.2) is 0 Å². The molecule has 0 bridgehead atoms. The van der Waals surface area contributed by atoms with Crippen LogP contribution in [-0.2, 0) is 0 Å². The monoisotopic (exact) mass is 323 g/mol. The van der Waals surface area contributed by atoms with E-state index in [1.165, 1.54) is 22.3 Å². The summed E-state index contributed by atoms with van der Waals surface area (Å²) in [6, 6.07) is 18.5. The van der Waals surface area contributed by atoms with Crippen LogP contribution < -0.4 is 0 Å². The fourth-order valence-corrected chi connectivity index (χ4v) is 3.33. The summed E-state index contributed by atoms with van der Waals surface area (Å²) in [6.45, 7) is 15.8. The molecule has 0 spiro atoms. The van der Waals surface area contributed by atoms with Gasteiger partial charge in [-0.1, -0.05) is 87.4 Å². The Hall–Kier alpha value is -1.60. The third-order valence-electron chi connectivity index (χ3n) is 4.35. The summed E-state index contributed by atoms with van der Waals surface area (Å²) in [4.78, 5) is 2.66. The molecular formula is C23H33N. The lowest BCUT2D eigenvalue weighted by atomic mass is 9.94. The van der Waals surface area contributed by atoms with Gasteiger partial charge in [0.25, 0.3) is 0 Å². The molecule has 0 amide bonds. The summed E-state index contributed by atoms with van der Waals surface area (Å²) in [6.07, 6.45) is 0. The molecule has 0 unspecified atom stereocenters. The molecule has 0 aliphatic heterocycles. The Morgan fingerprint density at radius 2 is 0.958 bits per heavy atom. The molecule has 0 aliphatic rings. The Bertz CT molecular complexity index is 552. The van der Waals surface area contributed by atoms with Crippen LogP contribution in [0.1, 0.15) is 56.0 Å². The summed E-state index contributed by atoms with van der Waals surface area (Å²) in [5, 5.41) is 0. The first-order valence-electron chi connectivity index (χ1n) is 9.24. The number of rotatable bonds is 7. The summed E-state index contributed by atoms with van der Waals surface area (Å²) < 4.78 is 0. The Morgan fingerprint density at radius 1 is 0.625 bits per heavy atom. The van der Waals surface area contributed by atoms with Crippen molar-refractivity contribution in [2.75, 3.05) is 13.1 Å². The minimum absolute atomic E-state index is 0.330. The number of aryl methyl sites for hydroxylation is 2. The summed E-state index contributed by atoms with van der Waals surface area (Å²) in [7, 11) is 0. The van der Waals surface area contributed by atoms with Crippen LogP contribution in [0.3, 0.4) is 0 Å². The van der Waals surface area contributed by atoms with Crippen LogP contribution in [0.25, 0.3) is 0 Å². The van der Waals surface area contributed by atoms with Gasteiger partial charge < -0.3 is 0 Å². The highest BCUT2D eigenvalue weighted by Crippen LogP contribution is 2.30. The molecule has 2 rings (SSSR count). The van der Waals surface area contributed by atoms with Crippen molar-refractivity contribution in [3.05, 3.63) is 70.8 Å². The van der Waals surface area contributed by atoms with Crippen LogP contribution in [0.15, 0.2) is 48.5 Å². The third kappa shape index (κ3) is 5.21. The van der Waals surface area contributed by atoms with Crippen molar-refractivity contribution in [2.24, 2.45) is 11.8 Å². The number of benzene rings is 2. The number of hydrogen-bond donors (Lipinski definition) is 0. The van der Waals surface area contributed by atoms with Gasteiger partial charge in [0, 0.05) is 13.1 Å². The lowest BCUT2D eigenvalue weighted by Gasteiger charge is -2.35. The van der Waals surface area contributed by atoms with Crippen molar-refractivity contribution in [3.8, 4) is 0 Å². The molecule has 0 saturated heterocycles. The lowest BCUT2D eigenvalue weighted by molar-refractivity contribution is 0.179. The molecule has 2 aromatic carbocycles. The van der Waals surface area contributed by atoms with E-state index in [9.17, 15) is 0 Å². The molecule has 130 valence electrons. The molecule has 0 atom stereocenters. The molecule has 0 N–H and O–H groups in total. The molecule has 0 aromatic heterocycles. The van der Waals surface area contributed by atoms with Gasteiger partial charge in [-0.15, -0.1) is 0 Å². The van der Waals surface area contributed by atoms with Crippen molar-refractivity contribution in [2.45, 2.75) is 47.6 Å². The topological polar surface area (TPSA) is 3.24 Å². The van der Waals surface area contributed by atoms with Crippen LogP contribution in [0.4, 0.5) is 0 Å². The van der Waals surface area contributed by atoms with Crippen molar-refractivity contribution in [3.63, 3.8) is 0 Å². The molecule has 1 nitrogen and oxygen atoms in total. The molecule has 0 fully saturated rings. The first-order valence-corrected chi connectivity index (χ1v) is 9.24. The first kappa shape index (κ1) is 18.7. The smallest absolute Gasteiger partial charge is 0.0601 e. The van der Waals surface area contributed by atoms with Crippen LogP contribution >= 0.6 is 0 Å². The van der Waals surface area contributed by atoms with E-state index in [0.29, 0.717) is 17.9 Å². The van der Waals surface area contributed by atoms with Crippen LogP contribution in [-0.4, -0.2) is 18.0 Å². The summed E-state index contributed by atoms with van der Waals surface area (Å²) in [5.74, 6) is 1.31. The van der Waals surface area contributed by atoms with Crippen LogP contribution in [0.5, 0.6) is 0 Å². The van der Waals surface area contributed by atoms with E-state index >= 15 is 0 Å². The number of nitrogens with zero attached hydrogens (tertiary/aromatic N) is 1. The van der Waals surface area contributed by atoms with E-state index in [2.05, 4.69) is 95.0 Å². The fraction of sp³-hybridized carbons (Fsp3) is 0.478. The van der Waals surface area contributed by atoms with Crippen LogP contribution in [0, 0.1) is 25.7 Å². The Labute approximate surface area is 148 Å². The minimum Gasteiger partial charge on any atom is -0.292 e. The van der Waals surface area contributed by atoms with Crippen molar-refractivity contribution < 1.29 is 0 Å². The normalized spacial score (nSPS) is 11.9. The van der Waals surface area contributed by atoms with Gasteiger partial charge in [-0.3, -0.25) is 4.90 Å². The first-order chi connectivity index (χ1) is 11.4. The highest BCUT2D eigenvalue weighted by molar-refractivity contribution is 5.35. The van der Waals surface area contributed by atoms with Crippen molar-refractivity contribution in [1.82, 2.24) is 4.90 Å². The average molecular weight is 324 g/mol. The minimum atomic E-state index is 0.330. The molecule has 0 heterocycles. The molecule has 1 heteroatoms. The van der Waals surface area contributed by atoms with E-state index in [1.807, 2.05) is 0 Å². The average Bonchev–Trinajstić information content (AvgIpc) is 2.50. The number of hydrogen-bond acceptors (Lipinski definition) is 1. The fourth-order valence-electron chi connectivity index (χ4n) is 3.33. The molecule has 2 aromatic rings. The van der Waals surface area contributed by atoms with Gasteiger partial charge in [-0.25, -0.2) is 0 Å². The van der Waals surface area contributed by atoms with Crippen molar-refractivity contribution >= 4 is 0 Å². The molecule has 0 saturated carbocycles. The van der Waals surface area contributed by atoms with E-state index in [4.69, 9.17) is 0 Å². The Balaban J connectivity index is 2.46. The predicted octanol–water partition coefficient (Wildman–Crippen LogP) is 6.01. The Morgan fingerprint density at radius 3 is 1.25 bits per heavy atom. The van der Waals surface area contributed by atoms with Gasteiger partial charge in [-0.2, -0.15) is 0 Å². The zero-order valence-electron chi connectivity index (χ0n) is 16.2.